The molecule has 5 rings (SSSR count). The number of hydrogen-bond donors (Lipinski definition) is 2. The van der Waals surface area contributed by atoms with Crippen molar-refractivity contribution in [1.29, 1.82) is 0 Å². The molecule has 2 aromatic carbocycles. The molecule has 176 valence electrons. The van der Waals surface area contributed by atoms with Gasteiger partial charge in [-0.3, -0.25) is 13.9 Å². The van der Waals surface area contributed by atoms with Crippen LogP contribution in [-0.2, 0) is 20.0 Å². The van der Waals surface area contributed by atoms with Gasteiger partial charge in [0, 0.05) is 32.7 Å². The second-order valence-electron chi connectivity index (χ2n) is 8.97. The smallest absolute Gasteiger partial charge is 0.281 e. The van der Waals surface area contributed by atoms with Crippen molar-refractivity contribution in [1.82, 2.24) is 19.1 Å². The molecule has 0 spiro atoms. The molecule has 1 atom stereocenters. The van der Waals surface area contributed by atoms with Crippen molar-refractivity contribution in [2.24, 2.45) is 12.8 Å². The molecule has 0 aliphatic carbocycles. The van der Waals surface area contributed by atoms with Crippen LogP contribution in [0.2, 0.25) is 0 Å². The predicted molar refractivity (Wildman–Crippen MR) is 136 cm³/mol. The van der Waals surface area contributed by atoms with Crippen LogP contribution in [0, 0.1) is 0 Å². The van der Waals surface area contributed by atoms with Crippen molar-refractivity contribution in [2.45, 2.75) is 31.8 Å². The number of fused-ring (bicyclic) bond motifs is 1. The minimum absolute atomic E-state index is 0.102. The lowest BCUT2D eigenvalue weighted by Gasteiger charge is -2.31. The van der Waals surface area contributed by atoms with E-state index in [1.807, 2.05) is 41.0 Å². The SMILES string of the molecule is Cn1c(NCCc2ccccc2)nc2nc(N3CCCC(N)C3)n(Cc3ccccc3)c2c1=O. The van der Waals surface area contributed by atoms with Gasteiger partial charge in [0.05, 0.1) is 6.54 Å². The van der Waals surface area contributed by atoms with Gasteiger partial charge in [-0.2, -0.15) is 9.97 Å². The molecule has 0 bridgehead atoms. The molecule has 1 fully saturated rings. The first-order valence-corrected chi connectivity index (χ1v) is 11.9. The Morgan fingerprint density at radius 2 is 1.74 bits per heavy atom. The van der Waals surface area contributed by atoms with E-state index in [-0.39, 0.29) is 11.6 Å². The Bertz CT molecular complexity index is 1310. The van der Waals surface area contributed by atoms with Crippen molar-refractivity contribution in [2.75, 3.05) is 29.9 Å². The highest BCUT2D eigenvalue weighted by molar-refractivity contribution is 5.75. The second-order valence-corrected chi connectivity index (χ2v) is 8.97. The largest absolute Gasteiger partial charge is 0.355 e. The molecule has 4 aromatic rings. The Kier molecular flexibility index (Phi) is 6.31. The van der Waals surface area contributed by atoms with E-state index < -0.39 is 0 Å². The first kappa shape index (κ1) is 22.2. The van der Waals surface area contributed by atoms with E-state index >= 15 is 0 Å². The van der Waals surface area contributed by atoms with E-state index in [2.05, 4.69) is 34.5 Å². The molecule has 1 aliphatic heterocycles. The molecule has 2 aromatic heterocycles. The van der Waals surface area contributed by atoms with Crippen molar-refractivity contribution in [3.05, 3.63) is 82.1 Å². The number of piperidine rings is 1. The summed E-state index contributed by atoms with van der Waals surface area (Å²) >= 11 is 0. The summed E-state index contributed by atoms with van der Waals surface area (Å²) in [4.78, 5) is 25.4. The Morgan fingerprint density at radius 1 is 1.03 bits per heavy atom. The summed E-state index contributed by atoms with van der Waals surface area (Å²) in [5, 5.41) is 3.33. The highest BCUT2D eigenvalue weighted by Crippen LogP contribution is 2.24. The number of benzene rings is 2. The molecule has 0 radical (unpaired) electrons. The normalized spacial score (nSPS) is 16.2. The molecule has 0 saturated carbocycles. The van der Waals surface area contributed by atoms with Crippen LogP contribution in [0.15, 0.2) is 65.5 Å². The molecular formula is C26H31N7O. The number of nitrogens with two attached hydrogens (primary N) is 1. The summed E-state index contributed by atoms with van der Waals surface area (Å²) in [6.45, 7) is 2.82. The molecule has 8 nitrogen and oxygen atoms in total. The number of imidazole rings is 1. The zero-order valence-electron chi connectivity index (χ0n) is 19.5. The van der Waals surface area contributed by atoms with Gasteiger partial charge in [-0.1, -0.05) is 60.7 Å². The van der Waals surface area contributed by atoms with Crippen LogP contribution in [0.5, 0.6) is 0 Å². The van der Waals surface area contributed by atoms with Gasteiger partial charge in [-0.25, -0.2) is 0 Å². The van der Waals surface area contributed by atoms with E-state index in [9.17, 15) is 4.79 Å². The molecule has 8 heteroatoms. The monoisotopic (exact) mass is 457 g/mol. The van der Waals surface area contributed by atoms with Crippen molar-refractivity contribution in [3.8, 4) is 0 Å². The summed E-state index contributed by atoms with van der Waals surface area (Å²) in [6.07, 6.45) is 2.85. The lowest BCUT2D eigenvalue weighted by atomic mass is 10.1. The zero-order chi connectivity index (χ0) is 23.5. The summed E-state index contributed by atoms with van der Waals surface area (Å²) in [5.41, 5.74) is 9.49. The maximum atomic E-state index is 13.5. The van der Waals surface area contributed by atoms with Gasteiger partial charge in [0.15, 0.2) is 11.2 Å². The van der Waals surface area contributed by atoms with E-state index in [0.717, 1.165) is 43.9 Å². The summed E-state index contributed by atoms with van der Waals surface area (Å²) in [6, 6.07) is 20.5. The van der Waals surface area contributed by atoms with Crippen LogP contribution in [0.25, 0.3) is 11.2 Å². The fraction of sp³-hybridized carbons (Fsp3) is 0.346. The van der Waals surface area contributed by atoms with Crippen molar-refractivity contribution >= 4 is 23.1 Å². The molecule has 1 unspecified atom stereocenters. The predicted octanol–water partition coefficient (Wildman–Crippen LogP) is 2.76. The van der Waals surface area contributed by atoms with E-state index in [1.54, 1.807) is 11.6 Å². The average Bonchev–Trinajstić information content (AvgIpc) is 3.21. The molecule has 1 saturated heterocycles. The molecule has 1 aliphatic rings. The Morgan fingerprint density at radius 3 is 2.44 bits per heavy atom. The van der Waals surface area contributed by atoms with Crippen LogP contribution in [0.4, 0.5) is 11.9 Å². The Balaban J connectivity index is 1.52. The zero-order valence-corrected chi connectivity index (χ0v) is 19.5. The summed E-state index contributed by atoms with van der Waals surface area (Å²) in [7, 11) is 1.76. The third-order valence-corrected chi connectivity index (χ3v) is 6.43. The third kappa shape index (κ3) is 4.54. The first-order valence-electron chi connectivity index (χ1n) is 11.9. The van der Waals surface area contributed by atoms with Gasteiger partial charge in [0.2, 0.25) is 11.9 Å². The highest BCUT2D eigenvalue weighted by atomic mass is 16.1. The van der Waals surface area contributed by atoms with Gasteiger partial charge in [0.1, 0.15) is 0 Å². The van der Waals surface area contributed by atoms with Crippen LogP contribution in [0.1, 0.15) is 24.0 Å². The van der Waals surface area contributed by atoms with E-state index in [4.69, 9.17) is 15.7 Å². The standard InChI is InChI=1S/C26H31N7O/c1-31-24(34)22-23(29-25(31)28-15-14-19-9-4-2-5-10-19)30-26(32-16-8-13-21(27)18-32)33(22)17-20-11-6-3-7-12-20/h2-7,9-12,21H,8,13-18,27H2,1H3,(H,28,29). The minimum atomic E-state index is -0.108. The fourth-order valence-electron chi connectivity index (χ4n) is 4.62. The Hall–Kier alpha value is -3.65. The average molecular weight is 458 g/mol. The topological polar surface area (TPSA) is 94.0 Å². The number of hydrogen-bond acceptors (Lipinski definition) is 6. The highest BCUT2D eigenvalue weighted by Gasteiger charge is 2.25. The van der Waals surface area contributed by atoms with Crippen LogP contribution < -0.4 is 21.5 Å². The molecule has 34 heavy (non-hydrogen) atoms. The van der Waals surface area contributed by atoms with E-state index in [1.165, 1.54) is 5.56 Å². The summed E-state index contributed by atoms with van der Waals surface area (Å²) in [5.74, 6) is 1.29. The third-order valence-electron chi connectivity index (χ3n) is 6.43. The maximum Gasteiger partial charge on any atom is 0.281 e. The lowest BCUT2D eigenvalue weighted by Crippen LogP contribution is -2.44. The van der Waals surface area contributed by atoms with Gasteiger partial charge in [-0.15, -0.1) is 0 Å². The molecule has 3 N–H and O–H groups in total. The molecule has 0 amide bonds. The number of aromatic nitrogens is 4. The number of nitrogens with one attached hydrogen (secondary N) is 1. The fourth-order valence-corrected chi connectivity index (χ4v) is 4.62. The number of nitrogens with zero attached hydrogens (tertiary/aromatic N) is 5. The van der Waals surface area contributed by atoms with Gasteiger partial charge < -0.3 is 16.0 Å². The van der Waals surface area contributed by atoms with Crippen molar-refractivity contribution < 1.29 is 0 Å². The van der Waals surface area contributed by atoms with Crippen LogP contribution in [-0.4, -0.2) is 44.8 Å². The van der Waals surface area contributed by atoms with Crippen LogP contribution >= 0.6 is 0 Å². The lowest BCUT2D eigenvalue weighted by molar-refractivity contribution is 0.495. The van der Waals surface area contributed by atoms with Crippen LogP contribution in [0.3, 0.4) is 0 Å². The van der Waals surface area contributed by atoms with E-state index in [0.29, 0.717) is 30.2 Å². The maximum absolute atomic E-state index is 13.5. The Labute approximate surface area is 199 Å². The van der Waals surface area contributed by atoms with Crippen molar-refractivity contribution in [3.63, 3.8) is 0 Å². The van der Waals surface area contributed by atoms with Gasteiger partial charge in [-0.05, 0) is 30.4 Å². The second kappa shape index (κ2) is 9.69. The van der Waals surface area contributed by atoms with Gasteiger partial charge >= 0.3 is 0 Å². The number of anilines is 2. The summed E-state index contributed by atoms with van der Waals surface area (Å²) < 4.78 is 3.59. The molecule has 3 heterocycles. The quantitative estimate of drug-likeness (QED) is 0.443. The first-order chi connectivity index (χ1) is 16.6. The minimum Gasteiger partial charge on any atom is -0.355 e. The molecular weight excluding hydrogens is 426 g/mol. The number of rotatable bonds is 7. The van der Waals surface area contributed by atoms with Gasteiger partial charge in [0.25, 0.3) is 5.56 Å².